The van der Waals surface area contributed by atoms with Crippen LogP contribution in [0.5, 0.6) is 0 Å². The summed E-state index contributed by atoms with van der Waals surface area (Å²) in [6.45, 7) is 6.21. The van der Waals surface area contributed by atoms with E-state index in [2.05, 4.69) is 4.98 Å². The van der Waals surface area contributed by atoms with Gasteiger partial charge in [-0.1, -0.05) is 25.1 Å². The molecule has 1 amide bonds. The molecule has 24 heavy (non-hydrogen) atoms. The zero-order valence-electron chi connectivity index (χ0n) is 14.3. The minimum Gasteiger partial charge on any atom is -0.465 e. The molecule has 0 radical (unpaired) electrons. The van der Waals surface area contributed by atoms with E-state index in [1.165, 1.54) is 11.8 Å². The van der Waals surface area contributed by atoms with Crippen LogP contribution in [0.2, 0.25) is 0 Å². The average molecular weight is 333 g/mol. The van der Waals surface area contributed by atoms with Gasteiger partial charge in [0.05, 0.1) is 11.2 Å². The Morgan fingerprint density at radius 3 is 2.62 bits per heavy atom. The third kappa shape index (κ3) is 4.00. The van der Waals surface area contributed by atoms with Gasteiger partial charge in [-0.05, 0) is 38.9 Å². The summed E-state index contributed by atoms with van der Waals surface area (Å²) in [7, 11) is 0. The molecule has 0 aliphatic heterocycles. The quantitative estimate of drug-likeness (QED) is 0.774. The molecule has 0 saturated carbocycles. The number of para-hydroxylation sites is 1. The van der Waals surface area contributed by atoms with Crippen LogP contribution in [0.25, 0.3) is 10.9 Å². The molecule has 1 heterocycles. The number of carbonyl (C=O) groups is 1. The number of amides is 1. The minimum absolute atomic E-state index is 0.0510. The van der Waals surface area contributed by atoms with Crippen LogP contribution in [0.1, 0.15) is 27.2 Å². The molecule has 0 saturated heterocycles. The van der Waals surface area contributed by atoms with Crippen molar-refractivity contribution in [3.63, 3.8) is 0 Å². The lowest BCUT2D eigenvalue weighted by molar-refractivity contribution is 0.0640. The number of pyridine rings is 1. The normalized spacial score (nSPS) is 13.9. The van der Waals surface area contributed by atoms with Gasteiger partial charge in [0.15, 0.2) is 6.30 Å². The van der Waals surface area contributed by atoms with E-state index in [1.807, 2.05) is 38.1 Å². The topological polar surface area (TPSA) is 56.7 Å². The predicted octanol–water partition coefficient (Wildman–Crippen LogP) is 4.14. The van der Waals surface area contributed by atoms with Crippen LogP contribution in [0.3, 0.4) is 0 Å². The second-order valence-electron chi connectivity index (χ2n) is 5.82. The van der Waals surface area contributed by atoms with Crippen molar-refractivity contribution in [1.82, 2.24) is 9.88 Å². The first-order chi connectivity index (χ1) is 11.5. The van der Waals surface area contributed by atoms with E-state index in [0.29, 0.717) is 25.2 Å². The number of nitrogens with zero attached hydrogens (tertiary/aromatic N) is 3. The molecule has 0 bridgehead atoms. The highest BCUT2D eigenvalue weighted by molar-refractivity contribution is 5.99. The fraction of sp³-hybridized carbons (Fsp3) is 0.444. The Balaban J connectivity index is 2.22. The van der Waals surface area contributed by atoms with Gasteiger partial charge < -0.3 is 5.11 Å². The molecule has 2 atom stereocenters. The molecule has 0 fully saturated rings. The van der Waals surface area contributed by atoms with Crippen LogP contribution in [-0.4, -0.2) is 46.5 Å². The molecule has 0 aliphatic rings. The van der Waals surface area contributed by atoms with Gasteiger partial charge in [-0.3, -0.25) is 14.8 Å². The standard InChI is InChI=1S/C18H24FN3O2/c1-4-21(14(3)19)13(2)10-12-22(18(23)24)17-9-11-20-16-8-6-5-7-15(16)17/h5-9,11,13-14H,4,10,12H2,1-3H3,(H,23,24). The molecule has 2 unspecified atom stereocenters. The van der Waals surface area contributed by atoms with Crippen molar-refractivity contribution in [2.24, 2.45) is 0 Å². The predicted molar refractivity (Wildman–Crippen MR) is 94.1 cm³/mol. The fourth-order valence-electron chi connectivity index (χ4n) is 3.03. The smallest absolute Gasteiger partial charge is 0.411 e. The van der Waals surface area contributed by atoms with E-state index in [9.17, 15) is 14.3 Å². The van der Waals surface area contributed by atoms with E-state index in [1.54, 1.807) is 17.2 Å². The van der Waals surface area contributed by atoms with Gasteiger partial charge in [0.25, 0.3) is 0 Å². The first kappa shape index (κ1) is 18.1. The third-order valence-corrected chi connectivity index (χ3v) is 4.31. The summed E-state index contributed by atoms with van der Waals surface area (Å²) in [5.41, 5.74) is 1.36. The van der Waals surface area contributed by atoms with Crippen molar-refractivity contribution in [1.29, 1.82) is 0 Å². The highest BCUT2D eigenvalue weighted by Gasteiger charge is 2.22. The Kier molecular flexibility index (Phi) is 6.09. The van der Waals surface area contributed by atoms with Gasteiger partial charge in [-0.25, -0.2) is 9.18 Å². The van der Waals surface area contributed by atoms with Gasteiger partial charge >= 0.3 is 6.09 Å². The second-order valence-corrected chi connectivity index (χ2v) is 5.82. The van der Waals surface area contributed by atoms with Crippen molar-refractivity contribution >= 4 is 22.7 Å². The maximum absolute atomic E-state index is 13.6. The van der Waals surface area contributed by atoms with Crippen LogP contribution in [0, 0.1) is 0 Å². The van der Waals surface area contributed by atoms with Gasteiger partial charge in [-0.2, -0.15) is 0 Å². The lowest BCUT2D eigenvalue weighted by atomic mass is 10.1. The highest BCUT2D eigenvalue weighted by atomic mass is 19.1. The lowest BCUT2D eigenvalue weighted by Gasteiger charge is -2.30. The van der Waals surface area contributed by atoms with E-state index >= 15 is 0 Å². The molecule has 1 aromatic heterocycles. The number of anilines is 1. The Labute approximate surface area is 141 Å². The number of aromatic nitrogens is 1. The molecule has 2 rings (SSSR count). The summed E-state index contributed by atoms with van der Waals surface area (Å²) in [5, 5.41) is 10.4. The van der Waals surface area contributed by atoms with Crippen LogP contribution in [0.15, 0.2) is 36.5 Å². The first-order valence-electron chi connectivity index (χ1n) is 8.19. The van der Waals surface area contributed by atoms with E-state index in [0.717, 1.165) is 10.9 Å². The Morgan fingerprint density at radius 2 is 2.00 bits per heavy atom. The number of carboxylic acid groups (broad SMARTS) is 1. The fourth-order valence-corrected chi connectivity index (χ4v) is 3.03. The first-order valence-corrected chi connectivity index (χ1v) is 8.19. The van der Waals surface area contributed by atoms with Crippen LogP contribution in [-0.2, 0) is 0 Å². The average Bonchev–Trinajstić information content (AvgIpc) is 2.55. The summed E-state index contributed by atoms with van der Waals surface area (Å²) >= 11 is 0. The molecule has 5 nitrogen and oxygen atoms in total. The number of fused-ring (bicyclic) bond motifs is 1. The number of halogens is 1. The van der Waals surface area contributed by atoms with Gasteiger partial charge in [-0.15, -0.1) is 0 Å². The van der Waals surface area contributed by atoms with E-state index in [4.69, 9.17) is 0 Å². The molecule has 1 aromatic carbocycles. The Morgan fingerprint density at radius 1 is 1.29 bits per heavy atom. The molecule has 6 heteroatoms. The number of hydrogen-bond donors (Lipinski definition) is 1. The largest absolute Gasteiger partial charge is 0.465 e. The monoisotopic (exact) mass is 333 g/mol. The number of alkyl halides is 1. The summed E-state index contributed by atoms with van der Waals surface area (Å²) in [6, 6.07) is 9.10. The van der Waals surface area contributed by atoms with Crippen LogP contribution >= 0.6 is 0 Å². The van der Waals surface area contributed by atoms with Gasteiger partial charge in [0, 0.05) is 24.2 Å². The number of hydrogen-bond acceptors (Lipinski definition) is 3. The number of rotatable bonds is 7. The highest BCUT2D eigenvalue weighted by Crippen LogP contribution is 2.26. The van der Waals surface area contributed by atoms with Crippen molar-refractivity contribution in [3.8, 4) is 0 Å². The van der Waals surface area contributed by atoms with E-state index in [-0.39, 0.29) is 6.04 Å². The van der Waals surface area contributed by atoms with Crippen molar-refractivity contribution in [3.05, 3.63) is 36.5 Å². The summed E-state index contributed by atoms with van der Waals surface area (Å²) in [5.74, 6) is 0. The van der Waals surface area contributed by atoms with Crippen molar-refractivity contribution in [2.75, 3.05) is 18.0 Å². The maximum Gasteiger partial charge on any atom is 0.411 e. The summed E-state index contributed by atoms with van der Waals surface area (Å²) in [6.07, 6.45) is 0.0873. The lowest BCUT2D eigenvalue weighted by Crippen LogP contribution is -2.41. The molecule has 2 aromatic rings. The molecule has 130 valence electrons. The molecule has 0 spiro atoms. The second kappa shape index (κ2) is 8.06. The molecule has 0 aliphatic carbocycles. The van der Waals surface area contributed by atoms with Crippen molar-refractivity contribution in [2.45, 2.75) is 39.5 Å². The molecule has 1 N–H and O–H groups in total. The zero-order valence-corrected chi connectivity index (χ0v) is 14.3. The van der Waals surface area contributed by atoms with Gasteiger partial charge in [0.1, 0.15) is 0 Å². The molecular formula is C18H24FN3O2. The van der Waals surface area contributed by atoms with Crippen LogP contribution in [0.4, 0.5) is 14.9 Å². The third-order valence-electron chi connectivity index (χ3n) is 4.31. The summed E-state index contributed by atoms with van der Waals surface area (Å²) in [4.78, 5) is 19.0. The van der Waals surface area contributed by atoms with Gasteiger partial charge in [0.2, 0.25) is 0 Å². The van der Waals surface area contributed by atoms with Crippen LogP contribution < -0.4 is 4.90 Å². The zero-order chi connectivity index (χ0) is 17.7. The number of benzene rings is 1. The Hall–Kier alpha value is -2.21. The van der Waals surface area contributed by atoms with Crippen molar-refractivity contribution < 1.29 is 14.3 Å². The minimum atomic E-state index is -1.05. The molecular weight excluding hydrogens is 309 g/mol. The Bertz CT molecular complexity index is 688. The van der Waals surface area contributed by atoms with E-state index < -0.39 is 12.4 Å². The SMILES string of the molecule is CCN(C(C)F)C(C)CCN(C(=O)O)c1ccnc2ccccc12. The summed E-state index contributed by atoms with van der Waals surface area (Å²) < 4.78 is 13.6. The maximum atomic E-state index is 13.6.